The average Bonchev–Trinajstić information content (AvgIpc) is 3.67. The van der Waals surface area contributed by atoms with Gasteiger partial charge < -0.3 is 4.57 Å². The van der Waals surface area contributed by atoms with Crippen LogP contribution in [0.1, 0.15) is 33.4 Å². The monoisotopic (exact) mass is 893 g/mol. The van der Waals surface area contributed by atoms with E-state index in [0.29, 0.717) is 48.5 Å². The van der Waals surface area contributed by atoms with E-state index in [1.807, 2.05) is 0 Å². The molecule has 3 aromatic heterocycles. The summed E-state index contributed by atoms with van der Waals surface area (Å²) in [5, 5.41) is -1.84. The molecule has 322 valence electrons. The third-order valence-corrected chi connectivity index (χ3v) is 10.1. The number of rotatable bonds is 3. The first kappa shape index (κ1) is 42.3. The van der Waals surface area contributed by atoms with Gasteiger partial charge >= 0.3 is 37.1 Å². The van der Waals surface area contributed by atoms with E-state index in [-0.39, 0.29) is 40.3 Å². The molecule has 0 saturated heterocycles. The van der Waals surface area contributed by atoms with E-state index in [4.69, 9.17) is 0 Å². The number of pyridine rings is 1. The van der Waals surface area contributed by atoms with Crippen molar-refractivity contribution in [2.45, 2.75) is 37.1 Å². The maximum Gasteiger partial charge on any atom is 0.416 e. The molecule has 3 heterocycles. The molecule has 0 spiro atoms. The third-order valence-electron chi connectivity index (χ3n) is 10.1. The van der Waals surface area contributed by atoms with E-state index < -0.39 is 115 Å². The number of halogens is 18. The molecule has 8 rings (SSSR count). The zero-order valence-electron chi connectivity index (χ0n) is 30.0. The molecule has 3 nitrogen and oxygen atoms in total. The number of alkyl halides is 18. The number of benzene rings is 5. The second kappa shape index (κ2) is 13.5. The summed E-state index contributed by atoms with van der Waals surface area (Å²) in [7, 11) is 0. The lowest BCUT2D eigenvalue weighted by atomic mass is 9.98. The Morgan fingerprint density at radius 3 is 0.935 bits per heavy atom. The van der Waals surface area contributed by atoms with Crippen molar-refractivity contribution < 1.29 is 79.0 Å². The van der Waals surface area contributed by atoms with Crippen molar-refractivity contribution in [1.29, 1.82) is 0 Å². The molecule has 0 N–H and O–H groups in total. The van der Waals surface area contributed by atoms with Gasteiger partial charge in [-0.25, -0.2) is 4.98 Å². The van der Waals surface area contributed by atoms with E-state index >= 15 is 0 Å². The number of hydrogen-bond donors (Lipinski definition) is 0. The lowest BCUT2D eigenvalue weighted by Crippen LogP contribution is -2.11. The second-order valence-electron chi connectivity index (χ2n) is 13.9. The quantitative estimate of drug-likeness (QED) is 0.162. The molecule has 0 aliphatic rings. The fourth-order valence-corrected chi connectivity index (χ4v) is 7.34. The van der Waals surface area contributed by atoms with Crippen molar-refractivity contribution in [2.75, 3.05) is 0 Å². The summed E-state index contributed by atoms with van der Waals surface area (Å²) < 4.78 is 254. The van der Waals surface area contributed by atoms with Gasteiger partial charge in [-0.15, -0.1) is 0 Å². The SMILES string of the molecule is FC(F)(F)c1cc(-c2cc(-n3c4ccc(C(F)(F)F)cc4c4cc(C(F)(F)F)ccc43)ncc2-n2c3ccc(C(F)(F)F)cc3c3cc(C(F)(F)F)ccc32)cc(C(F)(F)F)c1. The van der Waals surface area contributed by atoms with Gasteiger partial charge in [0.15, 0.2) is 0 Å². The summed E-state index contributed by atoms with van der Waals surface area (Å²) in [6.07, 6.45) is -30.2. The van der Waals surface area contributed by atoms with E-state index in [1.54, 1.807) is 0 Å². The Kier molecular flexibility index (Phi) is 9.24. The second-order valence-corrected chi connectivity index (χ2v) is 13.9. The molecule has 0 amide bonds. The van der Waals surface area contributed by atoms with Crippen LogP contribution in [0, 0.1) is 0 Å². The molecule has 62 heavy (non-hydrogen) atoms. The normalized spacial score (nSPS) is 13.6. The van der Waals surface area contributed by atoms with Crippen LogP contribution in [0.15, 0.2) is 103 Å². The number of fused-ring (bicyclic) bond motifs is 6. The molecule has 21 heteroatoms. The van der Waals surface area contributed by atoms with Gasteiger partial charge in [-0.1, -0.05) is 0 Å². The lowest BCUT2D eigenvalue weighted by molar-refractivity contribution is -0.143. The summed E-state index contributed by atoms with van der Waals surface area (Å²) in [6, 6.07) is 8.65. The van der Waals surface area contributed by atoms with Crippen molar-refractivity contribution in [2.24, 2.45) is 0 Å². The van der Waals surface area contributed by atoms with Crippen LogP contribution in [0.5, 0.6) is 0 Å². The standard InChI is InChI=1S/C41H17F18N3/c42-36(43,44)19-1-5-30-26(12-19)27-13-20(37(45,46)47)2-6-31(27)61(30)34-17-60-35(16-25(34)18-9-23(40(54,55)56)11-24(10-18)41(57,58)59)62-32-7-3-21(38(48,49)50)14-28(32)29-15-22(39(51,52)53)4-8-33(29)62/h1-17H. The first-order chi connectivity index (χ1) is 28.5. The molecule has 0 aliphatic carbocycles. The van der Waals surface area contributed by atoms with Gasteiger partial charge in [-0.3, -0.25) is 4.57 Å². The predicted octanol–water partition coefficient (Wildman–Crippen LogP) is 15.1. The van der Waals surface area contributed by atoms with Gasteiger partial charge in [-0.2, -0.15) is 79.0 Å². The van der Waals surface area contributed by atoms with E-state index in [0.717, 1.165) is 45.7 Å². The molecule has 0 radical (unpaired) electrons. The molecule has 0 fully saturated rings. The topological polar surface area (TPSA) is 22.8 Å². The van der Waals surface area contributed by atoms with Crippen LogP contribution in [0.4, 0.5) is 79.0 Å². The van der Waals surface area contributed by atoms with Gasteiger partial charge in [0, 0.05) is 27.1 Å². The maximum absolute atomic E-state index is 14.3. The predicted molar refractivity (Wildman–Crippen MR) is 188 cm³/mol. The molecule has 0 saturated carbocycles. The fourth-order valence-electron chi connectivity index (χ4n) is 7.34. The number of hydrogen-bond acceptors (Lipinski definition) is 1. The lowest BCUT2D eigenvalue weighted by Gasteiger charge is -2.19. The van der Waals surface area contributed by atoms with Gasteiger partial charge in [0.2, 0.25) is 0 Å². The molecule has 0 aliphatic heterocycles. The number of aromatic nitrogens is 3. The zero-order valence-corrected chi connectivity index (χ0v) is 30.0. The first-order valence-electron chi connectivity index (χ1n) is 17.3. The van der Waals surface area contributed by atoms with Gasteiger partial charge in [0.1, 0.15) is 5.82 Å². The Hall–Kier alpha value is -6.41. The largest absolute Gasteiger partial charge is 0.416 e. The Labute approximate surface area is 333 Å². The van der Waals surface area contributed by atoms with Crippen molar-refractivity contribution in [3.8, 4) is 22.6 Å². The minimum Gasteiger partial charge on any atom is -0.307 e. The third kappa shape index (κ3) is 7.29. The van der Waals surface area contributed by atoms with Crippen LogP contribution in [-0.2, 0) is 37.1 Å². The van der Waals surface area contributed by atoms with Crippen molar-refractivity contribution >= 4 is 43.6 Å². The van der Waals surface area contributed by atoms with Crippen LogP contribution in [0.2, 0.25) is 0 Å². The highest BCUT2D eigenvalue weighted by molar-refractivity contribution is 6.11. The first-order valence-corrected chi connectivity index (χ1v) is 17.3. The highest BCUT2D eigenvalue weighted by Gasteiger charge is 2.39. The van der Waals surface area contributed by atoms with Gasteiger partial charge in [0.25, 0.3) is 0 Å². The Balaban J connectivity index is 1.52. The van der Waals surface area contributed by atoms with Crippen LogP contribution < -0.4 is 0 Å². The summed E-state index contributed by atoms with van der Waals surface area (Å²) >= 11 is 0. The minimum absolute atomic E-state index is 0.216. The Bertz CT molecular complexity index is 2920. The number of nitrogens with zero attached hydrogens (tertiary/aromatic N) is 3. The molecule has 0 unspecified atom stereocenters. The summed E-state index contributed by atoms with van der Waals surface area (Å²) in [4.78, 5) is 4.27. The molecule has 5 aromatic carbocycles. The Morgan fingerprint density at radius 1 is 0.323 bits per heavy atom. The summed E-state index contributed by atoms with van der Waals surface area (Å²) in [6.45, 7) is 0. The molecular weight excluding hydrogens is 876 g/mol. The van der Waals surface area contributed by atoms with Crippen LogP contribution in [0.3, 0.4) is 0 Å². The van der Waals surface area contributed by atoms with Crippen LogP contribution in [0.25, 0.3) is 66.2 Å². The van der Waals surface area contributed by atoms with Crippen molar-refractivity contribution in [3.63, 3.8) is 0 Å². The van der Waals surface area contributed by atoms with Crippen LogP contribution in [-0.4, -0.2) is 14.1 Å². The van der Waals surface area contributed by atoms with Crippen molar-refractivity contribution in [1.82, 2.24) is 14.1 Å². The molecular formula is C41H17F18N3. The average molecular weight is 894 g/mol. The summed E-state index contributed by atoms with van der Waals surface area (Å²) in [5.74, 6) is -0.506. The van der Waals surface area contributed by atoms with Gasteiger partial charge in [0.05, 0.1) is 67.3 Å². The highest BCUT2D eigenvalue weighted by Crippen LogP contribution is 2.46. The smallest absolute Gasteiger partial charge is 0.307 e. The zero-order chi connectivity index (χ0) is 45.3. The van der Waals surface area contributed by atoms with E-state index in [2.05, 4.69) is 4.98 Å². The fraction of sp³-hybridized carbons (Fsp3) is 0.146. The minimum atomic E-state index is -5.44. The van der Waals surface area contributed by atoms with E-state index in [1.165, 1.54) is 0 Å². The Morgan fingerprint density at radius 2 is 0.629 bits per heavy atom. The molecule has 0 atom stereocenters. The molecule has 0 bridgehead atoms. The van der Waals surface area contributed by atoms with Gasteiger partial charge in [-0.05, 0) is 103 Å². The van der Waals surface area contributed by atoms with Crippen LogP contribution >= 0.6 is 0 Å². The highest BCUT2D eigenvalue weighted by atomic mass is 19.4. The van der Waals surface area contributed by atoms with Crippen molar-refractivity contribution in [3.05, 3.63) is 137 Å². The maximum atomic E-state index is 14.3. The van der Waals surface area contributed by atoms with E-state index in [9.17, 15) is 79.0 Å². The molecule has 8 aromatic rings. The summed E-state index contributed by atoms with van der Waals surface area (Å²) in [5.41, 5.74) is -12.2.